The van der Waals surface area contributed by atoms with Gasteiger partial charge in [-0.15, -0.1) is 5.10 Å². The number of aromatic nitrogens is 11. The Hall–Kier alpha value is -4.10. The number of fused-ring (bicyclic) bond motifs is 2. The molecule has 0 atom stereocenters. The van der Waals surface area contributed by atoms with Gasteiger partial charge in [0.15, 0.2) is 17.1 Å². The van der Waals surface area contributed by atoms with Gasteiger partial charge in [-0.2, -0.15) is 15.2 Å². The van der Waals surface area contributed by atoms with Gasteiger partial charge in [0.25, 0.3) is 5.92 Å². The van der Waals surface area contributed by atoms with Crippen LogP contribution in [0.2, 0.25) is 0 Å². The minimum atomic E-state index is -2.66. The molecule has 0 aromatic carbocycles. The van der Waals surface area contributed by atoms with E-state index in [0.717, 1.165) is 40.0 Å². The van der Waals surface area contributed by atoms with E-state index in [2.05, 4.69) is 40.2 Å². The van der Waals surface area contributed by atoms with E-state index < -0.39 is 5.92 Å². The van der Waals surface area contributed by atoms with Gasteiger partial charge in [-0.1, -0.05) is 0 Å². The number of alkyl halides is 2. The third-order valence-corrected chi connectivity index (χ3v) is 6.14. The highest BCUT2D eigenvalue weighted by molar-refractivity contribution is 5.43. The highest BCUT2D eigenvalue weighted by Gasteiger charge is 2.39. The molecule has 12 nitrogen and oxygen atoms in total. The molecule has 0 spiro atoms. The summed E-state index contributed by atoms with van der Waals surface area (Å²) in [5.74, 6) is -0.106. The molecule has 0 bridgehead atoms. The number of nitrogens with zero attached hydrogens (tertiary/aromatic N) is 12. The summed E-state index contributed by atoms with van der Waals surface area (Å²) in [6, 6.07) is 0. The topological polar surface area (TPSA) is 120 Å². The molecule has 1 saturated heterocycles. The molecule has 6 rings (SSSR count). The van der Waals surface area contributed by atoms with Crippen molar-refractivity contribution < 1.29 is 8.78 Å². The molecule has 0 aliphatic carbocycles. The van der Waals surface area contributed by atoms with Crippen LogP contribution in [0.15, 0.2) is 18.6 Å². The zero-order valence-electron chi connectivity index (χ0n) is 21.4. The molecule has 14 heteroatoms. The van der Waals surface area contributed by atoms with E-state index in [1.807, 2.05) is 27.7 Å². The predicted octanol–water partition coefficient (Wildman–Crippen LogP) is 2.24. The molecule has 5 aromatic heterocycles. The van der Waals surface area contributed by atoms with Gasteiger partial charge in [-0.25, -0.2) is 27.8 Å². The van der Waals surface area contributed by atoms with Crippen LogP contribution in [0, 0.1) is 27.7 Å². The van der Waals surface area contributed by atoms with Gasteiger partial charge < -0.3 is 4.90 Å². The number of hydrogen-bond donors (Lipinski definition) is 0. The van der Waals surface area contributed by atoms with Gasteiger partial charge in [0.1, 0.15) is 11.6 Å². The standard InChI is InChI=1S/C16H20F2N8.C7H8N4/c1-10-8-19-11(2)14-20-12(22-26(10)14)4-5-13-21-15(23-24(13)3)25-7-6-16(17,18)9-25;1-5-3-8-4-7-9-6(2)10-11(5)7/h8H,4-7,9H2,1-3H3;3-4H,1-2H3. The van der Waals surface area contributed by atoms with E-state index in [4.69, 9.17) is 0 Å². The third-order valence-electron chi connectivity index (χ3n) is 6.14. The largest absolute Gasteiger partial charge is 0.333 e. The van der Waals surface area contributed by atoms with E-state index in [-0.39, 0.29) is 19.5 Å². The Bertz CT molecular complexity index is 1530. The van der Waals surface area contributed by atoms with Crippen LogP contribution < -0.4 is 4.90 Å². The highest BCUT2D eigenvalue weighted by atomic mass is 19.3. The van der Waals surface area contributed by atoms with Crippen LogP contribution in [-0.4, -0.2) is 72.9 Å². The molecule has 0 amide bonds. The van der Waals surface area contributed by atoms with Crippen molar-refractivity contribution in [3.63, 3.8) is 0 Å². The zero-order valence-corrected chi connectivity index (χ0v) is 21.4. The van der Waals surface area contributed by atoms with Crippen molar-refractivity contribution in [3.8, 4) is 0 Å². The molecule has 1 aliphatic rings. The van der Waals surface area contributed by atoms with Crippen molar-refractivity contribution in [2.45, 2.75) is 52.9 Å². The minimum Gasteiger partial charge on any atom is -0.333 e. The van der Waals surface area contributed by atoms with E-state index in [1.165, 1.54) is 4.90 Å². The third kappa shape index (κ3) is 5.08. The van der Waals surface area contributed by atoms with E-state index >= 15 is 0 Å². The molecular formula is C23H28F2N12. The van der Waals surface area contributed by atoms with Crippen LogP contribution in [0.4, 0.5) is 14.7 Å². The summed E-state index contributed by atoms with van der Waals surface area (Å²) >= 11 is 0. The quantitative estimate of drug-likeness (QED) is 0.358. The average molecular weight is 511 g/mol. The van der Waals surface area contributed by atoms with Crippen molar-refractivity contribution >= 4 is 17.2 Å². The second-order valence-electron chi connectivity index (χ2n) is 9.21. The molecule has 0 unspecified atom stereocenters. The van der Waals surface area contributed by atoms with Gasteiger partial charge in [0, 0.05) is 45.2 Å². The molecule has 0 saturated carbocycles. The maximum atomic E-state index is 13.4. The summed E-state index contributed by atoms with van der Waals surface area (Å²) in [5, 5.41) is 13.0. The first-order chi connectivity index (χ1) is 17.6. The summed E-state index contributed by atoms with van der Waals surface area (Å²) in [6.07, 6.45) is 6.24. The average Bonchev–Trinajstić information content (AvgIpc) is 3.61. The monoisotopic (exact) mass is 510 g/mol. The Labute approximate surface area is 211 Å². The molecule has 0 N–H and O–H groups in total. The van der Waals surface area contributed by atoms with Crippen LogP contribution in [-0.2, 0) is 19.9 Å². The molecule has 1 aliphatic heterocycles. The smallest absolute Gasteiger partial charge is 0.267 e. The van der Waals surface area contributed by atoms with Gasteiger partial charge in [-0.3, -0.25) is 14.6 Å². The molecule has 37 heavy (non-hydrogen) atoms. The van der Waals surface area contributed by atoms with Gasteiger partial charge in [0.05, 0.1) is 29.8 Å². The number of aryl methyl sites for hydroxylation is 7. The van der Waals surface area contributed by atoms with Gasteiger partial charge >= 0.3 is 0 Å². The lowest BCUT2D eigenvalue weighted by Crippen LogP contribution is -2.25. The number of rotatable bonds is 4. The van der Waals surface area contributed by atoms with E-state index in [0.29, 0.717) is 24.6 Å². The molecule has 1 fully saturated rings. The Kier molecular flexibility index (Phi) is 6.25. The minimum absolute atomic E-state index is 0.154. The molecular weight excluding hydrogens is 482 g/mol. The van der Waals surface area contributed by atoms with E-state index in [1.54, 1.807) is 39.4 Å². The first-order valence-corrected chi connectivity index (χ1v) is 11.9. The number of halogens is 2. The maximum absolute atomic E-state index is 13.4. The highest BCUT2D eigenvalue weighted by Crippen LogP contribution is 2.29. The molecule has 194 valence electrons. The second-order valence-corrected chi connectivity index (χ2v) is 9.21. The van der Waals surface area contributed by atoms with Crippen LogP contribution in [0.5, 0.6) is 0 Å². The van der Waals surface area contributed by atoms with E-state index in [9.17, 15) is 8.78 Å². The SMILES string of the molecule is Cc1nc2cncc(C)n2n1.Cc1ncc(C)n2nc(CCc3nc(N4CCC(F)(F)C4)nn3C)nc12. The molecule has 6 heterocycles. The van der Waals surface area contributed by atoms with Crippen LogP contribution in [0.1, 0.15) is 41.0 Å². The van der Waals surface area contributed by atoms with Crippen molar-refractivity contribution in [2.24, 2.45) is 7.05 Å². The van der Waals surface area contributed by atoms with Crippen LogP contribution in [0.3, 0.4) is 0 Å². The lowest BCUT2D eigenvalue weighted by Gasteiger charge is -2.12. The molecule has 5 aromatic rings. The zero-order chi connectivity index (χ0) is 26.3. The fourth-order valence-electron chi connectivity index (χ4n) is 4.17. The normalized spacial score (nSPS) is 14.9. The number of anilines is 1. The Morgan fingerprint density at radius 1 is 0.892 bits per heavy atom. The fraction of sp³-hybridized carbons (Fsp3) is 0.478. The first-order valence-electron chi connectivity index (χ1n) is 11.9. The van der Waals surface area contributed by atoms with Crippen molar-refractivity contribution in [3.05, 3.63) is 53.1 Å². The summed E-state index contributed by atoms with van der Waals surface area (Å²) < 4.78 is 32.0. The Morgan fingerprint density at radius 3 is 2.38 bits per heavy atom. The van der Waals surface area contributed by atoms with Gasteiger partial charge in [0.2, 0.25) is 5.95 Å². The van der Waals surface area contributed by atoms with Crippen molar-refractivity contribution in [2.75, 3.05) is 18.0 Å². The fourth-order valence-corrected chi connectivity index (χ4v) is 4.17. The number of hydrogen-bond acceptors (Lipinski definition) is 9. The first kappa shape index (κ1) is 24.6. The van der Waals surface area contributed by atoms with Crippen molar-refractivity contribution in [1.82, 2.24) is 53.9 Å². The summed E-state index contributed by atoms with van der Waals surface area (Å²) in [4.78, 5) is 23.0. The maximum Gasteiger partial charge on any atom is 0.267 e. The van der Waals surface area contributed by atoms with Crippen molar-refractivity contribution in [1.29, 1.82) is 0 Å². The summed E-state index contributed by atoms with van der Waals surface area (Å²) in [7, 11) is 1.77. The second kappa shape index (κ2) is 9.41. The lowest BCUT2D eigenvalue weighted by atomic mass is 10.3. The summed E-state index contributed by atoms with van der Waals surface area (Å²) in [5.41, 5.74) is 4.30. The summed E-state index contributed by atoms with van der Waals surface area (Å²) in [6.45, 7) is 7.60. The molecule has 0 radical (unpaired) electrons. The Balaban J connectivity index is 0.000000212. The lowest BCUT2D eigenvalue weighted by molar-refractivity contribution is 0.0256. The predicted molar refractivity (Wildman–Crippen MR) is 131 cm³/mol. The van der Waals surface area contributed by atoms with Crippen LogP contribution in [0.25, 0.3) is 11.3 Å². The van der Waals surface area contributed by atoms with Crippen LogP contribution >= 0.6 is 0 Å². The van der Waals surface area contributed by atoms with Gasteiger partial charge in [-0.05, 0) is 27.7 Å². The Morgan fingerprint density at radius 2 is 1.68 bits per heavy atom.